The summed E-state index contributed by atoms with van der Waals surface area (Å²) in [5.41, 5.74) is -0.0925. The number of hydrogen-bond acceptors (Lipinski definition) is 4. The van der Waals surface area contributed by atoms with E-state index in [1.807, 2.05) is 6.92 Å². The molecule has 0 aliphatic rings. The summed E-state index contributed by atoms with van der Waals surface area (Å²) in [5, 5.41) is 2.29. The molecule has 0 heterocycles. The van der Waals surface area contributed by atoms with E-state index >= 15 is 0 Å². The third kappa shape index (κ3) is 4.42. The van der Waals surface area contributed by atoms with Gasteiger partial charge in [0.2, 0.25) is 5.91 Å². The van der Waals surface area contributed by atoms with Gasteiger partial charge in [0.25, 0.3) is 0 Å². The van der Waals surface area contributed by atoms with Gasteiger partial charge in [-0.15, -0.1) is 3.89 Å². The van der Waals surface area contributed by atoms with Crippen molar-refractivity contribution in [3.8, 4) is 0 Å². The van der Waals surface area contributed by atoms with Crippen LogP contribution in [0, 0.1) is 0 Å². The molecule has 7 heteroatoms. The number of amides is 1. The highest BCUT2D eigenvalue weighted by Gasteiger charge is 2.17. The summed E-state index contributed by atoms with van der Waals surface area (Å²) in [6.07, 6.45) is 0.767. The number of nitrogens with one attached hydrogen (secondary N) is 1. The lowest BCUT2D eigenvalue weighted by molar-refractivity contribution is -0.120. The van der Waals surface area contributed by atoms with Crippen LogP contribution in [-0.4, -0.2) is 27.5 Å². The van der Waals surface area contributed by atoms with Crippen LogP contribution in [0.4, 0.5) is 9.57 Å². The van der Waals surface area contributed by atoms with E-state index in [1.165, 1.54) is 18.2 Å². The highest BCUT2D eigenvalue weighted by atomic mass is 32.3. The number of carbonyl (C=O) groups excluding carboxylic acids is 1. The van der Waals surface area contributed by atoms with Crippen LogP contribution in [0.3, 0.4) is 0 Å². The molecule has 1 amide bonds. The maximum Gasteiger partial charge on any atom is 0.334 e. The van der Waals surface area contributed by atoms with E-state index in [4.69, 9.17) is 4.74 Å². The van der Waals surface area contributed by atoms with Crippen LogP contribution in [0.1, 0.15) is 13.3 Å². The number of para-hydroxylation sites is 1. The summed E-state index contributed by atoms with van der Waals surface area (Å²) in [6, 6.07) is 5.26. The van der Waals surface area contributed by atoms with Crippen molar-refractivity contribution >= 4 is 21.8 Å². The van der Waals surface area contributed by atoms with E-state index in [1.54, 1.807) is 0 Å². The molecule has 18 heavy (non-hydrogen) atoms. The average molecular weight is 275 g/mol. The monoisotopic (exact) mass is 275 g/mol. The van der Waals surface area contributed by atoms with Gasteiger partial charge in [-0.3, -0.25) is 4.79 Å². The van der Waals surface area contributed by atoms with Crippen LogP contribution in [0.15, 0.2) is 29.2 Å². The minimum absolute atomic E-state index is 0.0925. The molecule has 0 spiro atoms. The molecule has 0 unspecified atom stereocenters. The first-order valence-electron chi connectivity index (χ1n) is 5.36. The second-order valence-electron chi connectivity index (χ2n) is 3.53. The van der Waals surface area contributed by atoms with Crippen LogP contribution >= 0.6 is 0 Å². The number of ether oxygens (including phenoxy) is 1. The van der Waals surface area contributed by atoms with Crippen LogP contribution < -0.4 is 5.32 Å². The Morgan fingerprint density at radius 3 is 2.67 bits per heavy atom. The van der Waals surface area contributed by atoms with Crippen LogP contribution in [0.25, 0.3) is 0 Å². The number of carbonyl (C=O) groups is 1. The molecule has 1 aromatic rings. The fourth-order valence-corrected chi connectivity index (χ4v) is 1.90. The topological polar surface area (TPSA) is 72.5 Å². The van der Waals surface area contributed by atoms with Crippen molar-refractivity contribution in [2.24, 2.45) is 0 Å². The van der Waals surface area contributed by atoms with Gasteiger partial charge in [-0.25, -0.2) is 0 Å². The minimum atomic E-state index is -4.86. The quantitative estimate of drug-likeness (QED) is 0.633. The van der Waals surface area contributed by atoms with E-state index in [9.17, 15) is 17.1 Å². The molecular formula is C11H14FNO4S. The van der Waals surface area contributed by atoms with Crippen molar-refractivity contribution in [3.63, 3.8) is 0 Å². The standard InChI is InChI=1S/C11H14FNO4S/c1-2-7-17-8-11(14)13-9-5-3-4-6-10(9)18(12,15)16/h3-6H,2,7-8H2,1H3,(H,13,14). The Morgan fingerprint density at radius 2 is 2.06 bits per heavy atom. The second-order valence-corrected chi connectivity index (χ2v) is 4.85. The Bertz CT molecular complexity index is 516. The molecule has 5 nitrogen and oxygen atoms in total. The first-order valence-corrected chi connectivity index (χ1v) is 6.74. The fraction of sp³-hybridized carbons (Fsp3) is 0.364. The molecule has 0 aliphatic carbocycles. The van der Waals surface area contributed by atoms with Crippen molar-refractivity contribution < 1.29 is 21.8 Å². The predicted octanol–water partition coefficient (Wildman–Crippen LogP) is 1.71. The summed E-state index contributed by atoms with van der Waals surface area (Å²) in [7, 11) is -4.86. The van der Waals surface area contributed by atoms with Crippen LogP contribution in [0.2, 0.25) is 0 Å². The molecule has 100 valence electrons. The zero-order valence-corrected chi connectivity index (χ0v) is 10.7. The molecule has 0 saturated heterocycles. The van der Waals surface area contributed by atoms with Crippen molar-refractivity contribution in [2.45, 2.75) is 18.2 Å². The van der Waals surface area contributed by atoms with Crippen molar-refractivity contribution in [3.05, 3.63) is 24.3 Å². The third-order valence-electron chi connectivity index (χ3n) is 2.01. The number of anilines is 1. The maximum atomic E-state index is 12.9. The lowest BCUT2D eigenvalue weighted by Gasteiger charge is -2.08. The lowest BCUT2D eigenvalue weighted by atomic mass is 10.3. The van der Waals surface area contributed by atoms with E-state index < -0.39 is 21.0 Å². The predicted molar refractivity (Wildman–Crippen MR) is 64.5 cm³/mol. The molecule has 1 rings (SSSR count). The highest BCUT2D eigenvalue weighted by Crippen LogP contribution is 2.22. The SMILES string of the molecule is CCCOCC(=O)Nc1ccccc1S(=O)(=O)F. The molecule has 0 saturated carbocycles. The Kier molecular flexibility index (Phi) is 5.24. The summed E-state index contributed by atoms with van der Waals surface area (Å²) in [5.74, 6) is -0.528. The van der Waals surface area contributed by atoms with Gasteiger partial charge >= 0.3 is 10.2 Å². The van der Waals surface area contributed by atoms with Gasteiger partial charge in [-0.05, 0) is 18.6 Å². The zero-order valence-electron chi connectivity index (χ0n) is 9.85. The molecule has 0 bridgehead atoms. The summed E-state index contributed by atoms with van der Waals surface area (Å²) >= 11 is 0. The molecule has 0 aliphatic heterocycles. The Labute approximate surface area is 105 Å². The first kappa shape index (κ1) is 14.6. The fourth-order valence-electron chi connectivity index (χ4n) is 1.28. The Balaban J connectivity index is 2.76. The van der Waals surface area contributed by atoms with Crippen LogP contribution in [0.5, 0.6) is 0 Å². The summed E-state index contributed by atoms with van der Waals surface area (Å²) < 4.78 is 39.6. The summed E-state index contributed by atoms with van der Waals surface area (Å²) in [6.45, 7) is 2.12. The molecule has 1 N–H and O–H groups in total. The van der Waals surface area contributed by atoms with E-state index in [0.29, 0.717) is 6.61 Å². The van der Waals surface area contributed by atoms with Crippen molar-refractivity contribution in [2.75, 3.05) is 18.5 Å². The maximum absolute atomic E-state index is 12.9. The van der Waals surface area contributed by atoms with E-state index in [0.717, 1.165) is 12.5 Å². The smallest absolute Gasteiger partial charge is 0.334 e. The molecular weight excluding hydrogens is 261 g/mol. The average Bonchev–Trinajstić information content (AvgIpc) is 2.28. The van der Waals surface area contributed by atoms with Crippen molar-refractivity contribution in [1.29, 1.82) is 0 Å². The third-order valence-corrected chi connectivity index (χ3v) is 2.89. The normalized spacial score (nSPS) is 11.2. The van der Waals surface area contributed by atoms with Crippen LogP contribution in [-0.2, 0) is 19.8 Å². The lowest BCUT2D eigenvalue weighted by Crippen LogP contribution is -2.19. The van der Waals surface area contributed by atoms with Gasteiger partial charge < -0.3 is 10.1 Å². The summed E-state index contributed by atoms with van der Waals surface area (Å²) in [4.78, 5) is 10.9. The largest absolute Gasteiger partial charge is 0.372 e. The molecule has 0 radical (unpaired) electrons. The van der Waals surface area contributed by atoms with Gasteiger partial charge in [0.1, 0.15) is 11.5 Å². The van der Waals surface area contributed by atoms with Gasteiger partial charge in [0, 0.05) is 6.61 Å². The number of rotatable bonds is 6. The Hall–Kier alpha value is -1.47. The number of benzene rings is 1. The van der Waals surface area contributed by atoms with E-state index in [2.05, 4.69) is 5.32 Å². The molecule has 0 atom stereocenters. The highest BCUT2D eigenvalue weighted by molar-refractivity contribution is 7.86. The van der Waals surface area contributed by atoms with Gasteiger partial charge in [0.05, 0.1) is 5.69 Å². The minimum Gasteiger partial charge on any atom is -0.372 e. The number of hydrogen-bond donors (Lipinski definition) is 1. The first-order chi connectivity index (χ1) is 8.45. The van der Waals surface area contributed by atoms with Gasteiger partial charge in [-0.2, -0.15) is 8.42 Å². The van der Waals surface area contributed by atoms with E-state index in [-0.39, 0.29) is 12.3 Å². The molecule has 0 aromatic heterocycles. The second kappa shape index (κ2) is 6.46. The molecule has 1 aromatic carbocycles. The Morgan fingerprint density at radius 1 is 1.39 bits per heavy atom. The van der Waals surface area contributed by atoms with Gasteiger partial charge in [-0.1, -0.05) is 19.1 Å². The number of halogens is 1. The van der Waals surface area contributed by atoms with Gasteiger partial charge in [0.15, 0.2) is 0 Å². The zero-order chi connectivity index (χ0) is 13.6. The van der Waals surface area contributed by atoms with Crippen molar-refractivity contribution in [1.82, 2.24) is 0 Å². The molecule has 0 fully saturated rings.